The van der Waals surface area contributed by atoms with Gasteiger partial charge in [-0.1, -0.05) is 31.0 Å². The Bertz CT molecular complexity index is 645. The molecular formula is C19H27N5O. The van der Waals surface area contributed by atoms with Crippen LogP contribution in [0.15, 0.2) is 30.3 Å². The molecule has 0 unspecified atom stereocenters. The lowest BCUT2D eigenvalue weighted by atomic mass is 9.98. The Balaban J connectivity index is 1.27. The number of aromatic nitrogens is 4. The monoisotopic (exact) mass is 341 g/mol. The molecule has 134 valence electrons. The first-order valence-electron chi connectivity index (χ1n) is 9.55. The summed E-state index contributed by atoms with van der Waals surface area (Å²) in [6.07, 6.45) is 8.17. The van der Waals surface area contributed by atoms with Crippen LogP contribution in [0.25, 0.3) is 5.69 Å². The number of hydrogen-bond acceptors (Lipinski definition) is 5. The lowest BCUT2D eigenvalue weighted by Crippen LogP contribution is -2.35. The quantitative estimate of drug-likeness (QED) is 0.809. The summed E-state index contributed by atoms with van der Waals surface area (Å²) >= 11 is 0. The molecule has 0 N–H and O–H groups in total. The molecule has 2 aromatic rings. The Morgan fingerprint density at radius 1 is 1.00 bits per heavy atom. The van der Waals surface area contributed by atoms with Gasteiger partial charge in [-0.3, -0.25) is 4.90 Å². The molecule has 0 radical (unpaired) electrons. The maximum Gasteiger partial charge on any atom is 0.170 e. The van der Waals surface area contributed by atoms with E-state index in [-0.39, 0.29) is 0 Å². The highest BCUT2D eigenvalue weighted by Crippen LogP contribution is 2.24. The average Bonchev–Trinajstić information content (AvgIpc) is 3.34. The first-order chi connectivity index (χ1) is 12.4. The molecule has 0 amide bonds. The molecule has 2 aliphatic rings. The van der Waals surface area contributed by atoms with E-state index in [4.69, 9.17) is 4.74 Å². The molecular weight excluding hydrogens is 314 g/mol. The van der Waals surface area contributed by atoms with Crippen molar-refractivity contribution < 1.29 is 4.74 Å². The van der Waals surface area contributed by atoms with Crippen molar-refractivity contribution in [3.8, 4) is 5.69 Å². The second-order valence-corrected chi connectivity index (χ2v) is 7.30. The normalized spacial score (nSPS) is 20.3. The van der Waals surface area contributed by atoms with Gasteiger partial charge in [-0.15, -0.1) is 5.10 Å². The maximum atomic E-state index is 6.11. The van der Waals surface area contributed by atoms with Gasteiger partial charge >= 0.3 is 0 Å². The van der Waals surface area contributed by atoms with Crippen LogP contribution in [0, 0.1) is 5.92 Å². The first kappa shape index (κ1) is 16.7. The van der Waals surface area contributed by atoms with Crippen LogP contribution in [0.3, 0.4) is 0 Å². The Labute approximate surface area is 149 Å². The summed E-state index contributed by atoms with van der Waals surface area (Å²) in [6.45, 7) is 3.94. The summed E-state index contributed by atoms with van der Waals surface area (Å²) in [5.74, 6) is 1.62. The number of piperidine rings is 1. The number of benzene rings is 1. The van der Waals surface area contributed by atoms with E-state index >= 15 is 0 Å². The van der Waals surface area contributed by atoms with E-state index in [1.807, 2.05) is 35.0 Å². The Hall–Kier alpha value is -1.79. The van der Waals surface area contributed by atoms with E-state index in [0.29, 0.717) is 12.0 Å². The number of para-hydroxylation sites is 1. The van der Waals surface area contributed by atoms with Gasteiger partial charge in [-0.2, -0.15) is 4.68 Å². The molecule has 25 heavy (non-hydrogen) atoms. The van der Waals surface area contributed by atoms with E-state index in [0.717, 1.165) is 37.8 Å². The van der Waals surface area contributed by atoms with Crippen molar-refractivity contribution in [2.75, 3.05) is 19.7 Å². The Kier molecular flexibility index (Phi) is 5.37. The fraction of sp³-hybridized carbons (Fsp3) is 0.632. The van der Waals surface area contributed by atoms with Gasteiger partial charge in [0.05, 0.1) is 18.3 Å². The van der Waals surface area contributed by atoms with Gasteiger partial charge in [-0.05, 0) is 67.3 Å². The van der Waals surface area contributed by atoms with E-state index in [1.54, 1.807) is 0 Å². The molecule has 6 heteroatoms. The van der Waals surface area contributed by atoms with Crippen molar-refractivity contribution in [2.24, 2.45) is 5.92 Å². The van der Waals surface area contributed by atoms with Gasteiger partial charge < -0.3 is 4.74 Å². The molecule has 2 heterocycles. The topological polar surface area (TPSA) is 56.1 Å². The van der Waals surface area contributed by atoms with Crippen LogP contribution in [0.4, 0.5) is 0 Å². The number of nitrogens with zero attached hydrogens (tertiary/aromatic N) is 5. The van der Waals surface area contributed by atoms with Crippen LogP contribution in [0.1, 0.15) is 44.3 Å². The van der Waals surface area contributed by atoms with E-state index in [1.165, 1.54) is 38.5 Å². The molecule has 1 aliphatic heterocycles. The van der Waals surface area contributed by atoms with Crippen LogP contribution in [-0.4, -0.2) is 50.9 Å². The van der Waals surface area contributed by atoms with Crippen LogP contribution < -0.4 is 0 Å². The number of ether oxygens (including phenoxy) is 1. The summed E-state index contributed by atoms with van der Waals surface area (Å²) in [6, 6.07) is 10.1. The van der Waals surface area contributed by atoms with Crippen molar-refractivity contribution >= 4 is 0 Å². The maximum absolute atomic E-state index is 6.11. The largest absolute Gasteiger partial charge is 0.378 e. The molecule has 4 rings (SSSR count). The zero-order valence-corrected chi connectivity index (χ0v) is 14.8. The molecule has 1 saturated heterocycles. The lowest BCUT2D eigenvalue weighted by Gasteiger charge is -2.31. The van der Waals surface area contributed by atoms with Gasteiger partial charge in [-0.25, -0.2) is 0 Å². The molecule has 0 bridgehead atoms. The molecule has 0 atom stereocenters. The lowest BCUT2D eigenvalue weighted by molar-refractivity contribution is 0.0152. The molecule has 2 fully saturated rings. The van der Waals surface area contributed by atoms with Crippen LogP contribution >= 0.6 is 0 Å². The molecule has 6 nitrogen and oxygen atoms in total. The third-order valence-corrected chi connectivity index (χ3v) is 5.48. The minimum absolute atomic E-state index is 0.536. The molecule has 1 saturated carbocycles. The van der Waals surface area contributed by atoms with Crippen LogP contribution in [-0.2, 0) is 11.3 Å². The zero-order chi connectivity index (χ0) is 16.9. The highest BCUT2D eigenvalue weighted by Gasteiger charge is 2.23. The second-order valence-electron chi connectivity index (χ2n) is 7.30. The summed E-state index contributed by atoms with van der Waals surface area (Å²) in [5.41, 5.74) is 1.02. The van der Waals surface area contributed by atoms with Crippen molar-refractivity contribution in [1.29, 1.82) is 0 Å². The van der Waals surface area contributed by atoms with Crippen LogP contribution in [0.5, 0.6) is 0 Å². The van der Waals surface area contributed by atoms with Crippen molar-refractivity contribution in [2.45, 2.75) is 51.2 Å². The summed E-state index contributed by atoms with van der Waals surface area (Å²) in [7, 11) is 0. The predicted molar refractivity (Wildman–Crippen MR) is 95.4 cm³/mol. The Morgan fingerprint density at radius 2 is 1.76 bits per heavy atom. The summed E-state index contributed by atoms with van der Waals surface area (Å²) in [4.78, 5) is 2.46. The standard InChI is InChI=1S/C19H27N5O/c1-2-6-17(7-3-1)24-19(20-21-22-24)14-23-12-10-16(11-13-23)15-25-18-8-4-5-9-18/h1-3,6-7,16,18H,4-5,8-15H2. The van der Waals surface area contributed by atoms with Gasteiger partial charge in [0.1, 0.15) is 0 Å². The zero-order valence-electron chi connectivity index (χ0n) is 14.8. The fourth-order valence-corrected chi connectivity index (χ4v) is 3.91. The van der Waals surface area contributed by atoms with Crippen molar-refractivity contribution in [3.63, 3.8) is 0 Å². The Morgan fingerprint density at radius 3 is 2.52 bits per heavy atom. The minimum Gasteiger partial charge on any atom is -0.378 e. The minimum atomic E-state index is 0.536. The summed E-state index contributed by atoms with van der Waals surface area (Å²) < 4.78 is 7.95. The number of likely N-dealkylation sites (tertiary alicyclic amines) is 1. The SMILES string of the molecule is c1ccc(-n2nnnc2CN2CCC(COC3CCCC3)CC2)cc1. The van der Waals surface area contributed by atoms with Crippen molar-refractivity contribution in [3.05, 3.63) is 36.2 Å². The smallest absolute Gasteiger partial charge is 0.170 e. The van der Waals surface area contributed by atoms with Crippen molar-refractivity contribution in [1.82, 2.24) is 25.1 Å². The van der Waals surface area contributed by atoms with Crippen LogP contribution in [0.2, 0.25) is 0 Å². The number of hydrogen-bond donors (Lipinski definition) is 0. The van der Waals surface area contributed by atoms with Gasteiger partial charge in [0, 0.05) is 6.61 Å². The third-order valence-electron chi connectivity index (χ3n) is 5.48. The predicted octanol–water partition coefficient (Wildman–Crippen LogP) is 2.83. The van der Waals surface area contributed by atoms with Gasteiger partial charge in [0.25, 0.3) is 0 Å². The average molecular weight is 341 g/mol. The highest BCUT2D eigenvalue weighted by atomic mass is 16.5. The first-order valence-corrected chi connectivity index (χ1v) is 9.55. The van der Waals surface area contributed by atoms with Gasteiger partial charge in [0.2, 0.25) is 0 Å². The molecule has 1 aromatic carbocycles. The molecule has 0 spiro atoms. The third kappa shape index (κ3) is 4.25. The van der Waals surface area contributed by atoms with E-state index in [2.05, 4.69) is 20.4 Å². The number of rotatable bonds is 6. The highest BCUT2D eigenvalue weighted by molar-refractivity contribution is 5.30. The van der Waals surface area contributed by atoms with E-state index in [9.17, 15) is 0 Å². The fourth-order valence-electron chi connectivity index (χ4n) is 3.91. The molecule has 1 aliphatic carbocycles. The summed E-state index contributed by atoms with van der Waals surface area (Å²) in [5, 5.41) is 12.2. The van der Waals surface area contributed by atoms with Gasteiger partial charge in [0.15, 0.2) is 5.82 Å². The van der Waals surface area contributed by atoms with E-state index < -0.39 is 0 Å². The number of tetrazole rings is 1. The molecule has 1 aromatic heterocycles. The second kappa shape index (κ2) is 8.06.